The Labute approximate surface area is 109 Å². The Kier molecular flexibility index (Phi) is 4.55. The number of aromatic nitrogens is 1. The van der Waals surface area contributed by atoms with Gasteiger partial charge in [0.1, 0.15) is 0 Å². The van der Waals surface area contributed by atoms with Crippen LogP contribution in [0.15, 0.2) is 17.2 Å². The van der Waals surface area contributed by atoms with Crippen LogP contribution in [0.5, 0.6) is 0 Å². The number of rotatable bonds is 6. The predicted octanol–water partition coefficient (Wildman–Crippen LogP) is 0.0919. The number of sulfonamides is 1. The molecule has 7 heteroatoms. The Hall–Kier alpha value is -0.890. The van der Waals surface area contributed by atoms with E-state index in [1.807, 2.05) is 32.8 Å². The molecule has 0 aliphatic heterocycles. The molecule has 1 heterocycles. The lowest BCUT2D eigenvalue weighted by Gasteiger charge is -2.32. The molecular weight excluding hydrogens is 252 g/mol. The number of nitrogens with one attached hydrogen (secondary N) is 2. The molecule has 4 N–H and O–H groups in total. The maximum atomic E-state index is 12.0. The molecule has 0 radical (unpaired) electrons. The summed E-state index contributed by atoms with van der Waals surface area (Å²) >= 11 is 0. The van der Waals surface area contributed by atoms with E-state index in [4.69, 9.17) is 5.73 Å². The van der Waals surface area contributed by atoms with Crippen molar-refractivity contribution >= 4 is 10.0 Å². The summed E-state index contributed by atoms with van der Waals surface area (Å²) in [5, 5.41) is 0. The highest BCUT2D eigenvalue weighted by Gasteiger charge is 2.24. The molecule has 104 valence electrons. The Morgan fingerprint density at radius 1 is 1.44 bits per heavy atom. The first-order chi connectivity index (χ1) is 8.19. The van der Waals surface area contributed by atoms with E-state index in [-0.39, 0.29) is 10.4 Å². The summed E-state index contributed by atoms with van der Waals surface area (Å²) in [6, 6.07) is 1.55. The second kappa shape index (κ2) is 5.40. The van der Waals surface area contributed by atoms with Crippen LogP contribution in [-0.2, 0) is 16.6 Å². The standard InChI is InChI=1S/C11H22N4O2S/c1-11(2,15(3)4)8-14-18(16,17)10-5-9(6-12)13-7-10/h5,7,13-14H,6,8,12H2,1-4H3. The van der Waals surface area contributed by atoms with Crippen LogP contribution >= 0.6 is 0 Å². The average molecular weight is 274 g/mol. The van der Waals surface area contributed by atoms with E-state index in [0.29, 0.717) is 18.8 Å². The van der Waals surface area contributed by atoms with Crippen LogP contribution in [0.25, 0.3) is 0 Å². The second-order valence-electron chi connectivity index (χ2n) is 5.10. The van der Waals surface area contributed by atoms with Crippen LogP contribution in [0, 0.1) is 0 Å². The average Bonchev–Trinajstić information content (AvgIpc) is 2.75. The predicted molar refractivity (Wildman–Crippen MR) is 71.6 cm³/mol. The summed E-state index contributed by atoms with van der Waals surface area (Å²) in [5.74, 6) is 0. The van der Waals surface area contributed by atoms with E-state index >= 15 is 0 Å². The van der Waals surface area contributed by atoms with Crippen LogP contribution in [0.3, 0.4) is 0 Å². The van der Waals surface area contributed by atoms with Gasteiger partial charge in [-0.15, -0.1) is 0 Å². The molecule has 0 aliphatic carbocycles. The topological polar surface area (TPSA) is 91.2 Å². The molecule has 0 fully saturated rings. The molecule has 1 rings (SSSR count). The number of nitrogens with two attached hydrogens (primary N) is 1. The molecule has 18 heavy (non-hydrogen) atoms. The molecule has 1 aromatic heterocycles. The van der Waals surface area contributed by atoms with Gasteiger partial charge in [0.25, 0.3) is 0 Å². The lowest BCUT2D eigenvalue weighted by molar-refractivity contribution is 0.199. The van der Waals surface area contributed by atoms with Gasteiger partial charge in [0.05, 0.1) is 4.90 Å². The molecule has 0 bridgehead atoms. The van der Waals surface area contributed by atoms with Crippen molar-refractivity contribution in [3.05, 3.63) is 18.0 Å². The number of likely N-dealkylation sites (N-methyl/N-ethyl adjacent to an activating group) is 1. The first kappa shape index (κ1) is 15.2. The number of H-pyrrole nitrogens is 1. The van der Waals surface area contributed by atoms with Gasteiger partial charge in [-0.05, 0) is 34.0 Å². The Balaban J connectivity index is 2.77. The van der Waals surface area contributed by atoms with E-state index in [1.165, 1.54) is 6.20 Å². The molecule has 0 amide bonds. The zero-order valence-electron chi connectivity index (χ0n) is 11.3. The summed E-state index contributed by atoms with van der Waals surface area (Å²) < 4.78 is 26.7. The fourth-order valence-corrected chi connectivity index (χ4v) is 2.43. The van der Waals surface area contributed by atoms with Crippen molar-refractivity contribution in [2.24, 2.45) is 5.73 Å². The van der Waals surface area contributed by atoms with Gasteiger partial charge in [-0.3, -0.25) is 0 Å². The van der Waals surface area contributed by atoms with Crippen LogP contribution in [0.4, 0.5) is 0 Å². The molecule has 0 unspecified atom stereocenters. The highest BCUT2D eigenvalue weighted by Crippen LogP contribution is 2.13. The summed E-state index contributed by atoms with van der Waals surface area (Å²) in [5.41, 5.74) is 5.88. The fourth-order valence-electron chi connectivity index (χ4n) is 1.20. The van der Waals surface area contributed by atoms with Gasteiger partial charge in [-0.25, -0.2) is 13.1 Å². The first-order valence-corrected chi connectivity index (χ1v) is 7.22. The molecule has 0 aromatic carbocycles. The van der Waals surface area contributed by atoms with Gasteiger partial charge in [0.15, 0.2) is 0 Å². The minimum atomic E-state index is -3.48. The monoisotopic (exact) mass is 274 g/mol. The van der Waals surface area contributed by atoms with Crippen molar-refractivity contribution < 1.29 is 8.42 Å². The highest BCUT2D eigenvalue weighted by molar-refractivity contribution is 7.89. The summed E-state index contributed by atoms with van der Waals surface area (Å²) in [4.78, 5) is 5.02. The first-order valence-electron chi connectivity index (χ1n) is 5.73. The highest BCUT2D eigenvalue weighted by atomic mass is 32.2. The van der Waals surface area contributed by atoms with E-state index < -0.39 is 10.0 Å². The van der Waals surface area contributed by atoms with E-state index in [1.54, 1.807) is 6.07 Å². The van der Waals surface area contributed by atoms with Crippen LogP contribution < -0.4 is 10.5 Å². The molecule has 1 aromatic rings. The molecular formula is C11H22N4O2S. The molecule has 6 nitrogen and oxygen atoms in total. The third kappa shape index (κ3) is 3.55. The van der Waals surface area contributed by atoms with Gasteiger partial charge in [0.2, 0.25) is 10.0 Å². The van der Waals surface area contributed by atoms with Crippen molar-refractivity contribution in [2.75, 3.05) is 20.6 Å². The van der Waals surface area contributed by atoms with Crippen molar-refractivity contribution in [3.8, 4) is 0 Å². The maximum absolute atomic E-state index is 12.0. The zero-order chi connectivity index (χ0) is 14.0. The molecule has 0 aliphatic rings. The number of hydrogen-bond donors (Lipinski definition) is 3. The summed E-state index contributed by atoms with van der Waals surface area (Å²) in [6.45, 7) is 4.57. The lowest BCUT2D eigenvalue weighted by Crippen LogP contribution is -2.48. The van der Waals surface area contributed by atoms with Crippen molar-refractivity contribution in [1.29, 1.82) is 0 Å². The number of nitrogens with zero attached hydrogens (tertiary/aromatic N) is 1. The smallest absolute Gasteiger partial charge is 0.242 e. The van der Waals surface area contributed by atoms with Crippen molar-refractivity contribution in [3.63, 3.8) is 0 Å². The zero-order valence-corrected chi connectivity index (χ0v) is 12.1. The van der Waals surface area contributed by atoms with E-state index in [2.05, 4.69) is 9.71 Å². The van der Waals surface area contributed by atoms with Crippen LogP contribution in [-0.4, -0.2) is 44.5 Å². The van der Waals surface area contributed by atoms with E-state index in [9.17, 15) is 8.42 Å². The number of aromatic amines is 1. The molecule has 0 saturated carbocycles. The van der Waals surface area contributed by atoms with Gasteiger partial charge in [0, 0.05) is 30.5 Å². The summed E-state index contributed by atoms with van der Waals surface area (Å²) in [7, 11) is 0.348. The largest absolute Gasteiger partial charge is 0.363 e. The van der Waals surface area contributed by atoms with Gasteiger partial charge < -0.3 is 15.6 Å². The van der Waals surface area contributed by atoms with Crippen molar-refractivity contribution in [2.45, 2.75) is 30.8 Å². The maximum Gasteiger partial charge on any atom is 0.242 e. The Bertz CT molecular complexity index is 491. The quantitative estimate of drug-likeness (QED) is 0.686. The minimum absolute atomic E-state index is 0.220. The minimum Gasteiger partial charge on any atom is -0.363 e. The molecule has 0 spiro atoms. The Morgan fingerprint density at radius 2 is 2.06 bits per heavy atom. The molecule has 0 atom stereocenters. The Morgan fingerprint density at radius 3 is 2.50 bits per heavy atom. The fraction of sp³-hybridized carbons (Fsp3) is 0.636. The van der Waals surface area contributed by atoms with Gasteiger partial charge >= 0.3 is 0 Å². The third-order valence-electron chi connectivity index (χ3n) is 3.15. The second-order valence-corrected chi connectivity index (χ2v) is 6.86. The van der Waals surface area contributed by atoms with Crippen LogP contribution in [0.2, 0.25) is 0 Å². The van der Waals surface area contributed by atoms with Gasteiger partial charge in [-0.1, -0.05) is 0 Å². The van der Waals surface area contributed by atoms with Crippen molar-refractivity contribution in [1.82, 2.24) is 14.6 Å². The number of hydrogen-bond acceptors (Lipinski definition) is 4. The molecule has 0 saturated heterocycles. The van der Waals surface area contributed by atoms with E-state index in [0.717, 1.165) is 0 Å². The normalized spacial score (nSPS) is 13.2. The summed E-state index contributed by atoms with van der Waals surface area (Å²) in [6.07, 6.45) is 1.45. The lowest BCUT2D eigenvalue weighted by atomic mass is 10.1. The van der Waals surface area contributed by atoms with Gasteiger partial charge in [-0.2, -0.15) is 0 Å². The third-order valence-corrected chi connectivity index (χ3v) is 4.53. The SMILES string of the molecule is CN(C)C(C)(C)CNS(=O)(=O)c1c[nH]c(CN)c1. The van der Waals surface area contributed by atoms with Crippen LogP contribution in [0.1, 0.15) is 19.5 Å².